The smallest absolute Gasteiger partial charge is 0.254 e. The molecule has 0 aliphatic carbocycles. The second-order valence-electron chi connectivity index (χ2n) is 5.12. The van der Waals surface area contributed by atoms with Crippen LogP contribution in [0, 0.1) is 0 Å². The first-order valence-corrected chi connectivity index (χ1v) is 6.83. The predicted molar refractivity (Wildman–Crippen MR) is 69.6 cm³/mol. The van der Waals surface area contributed by atoms with Gasteiger partial charge in [0.1, 0.15) is 0 Å². The molecule has 2 aliphatic rings. The summed E-state index contributed by atoms with van der Waals surface area (Å²) in [5, 5.41) is 0. The SMILES string of the molecule is O=C1c2ccccc2CCN1CCC1CCCO1. The van der Waals surface area contributed by atoms with Crippen molar-refractivity contribution in [1.82, 2.24) is 4.90 Å². The van der Waals surface area contributed by atoms with E-state index in [1.807, 2.05) is 23.1 Å². The van der Waals surface area contributed by atoms with E-state index in [1.165, 1.54) is 12.0 Å². The van der Waals surface area contributed by atoms with E-state index < -0.39 is 0 Å². The lowest BCUT2D eigenvalue weighted by Gasteiger charge is -2.29. The van der Waals surface area contributed by atoms with Gasteiger partial charge in [-0.2, -0.15) is 0 Å². The van der Waals surface area contributed by atoms with Crippen LogP contribution in [-0.2, 0) is 11.2 Å². The minimum Gasteiger partial charge on any atom is -0.378 e. The molecule has 0 radical (unpaired) electrons. The second kappa shape index (κ2) is 5.11. The summed E-state index contributed by atoms with van der Waals surface area (Å²) in [5.74, 6) is 0.190. The summed E-state index contributed by atoms with van der Waals surface area (Å²) < 4.78 is 5.61. The van der Waals surface area contributed by atoms with Gasteiger partial charge in [-0.15, -0.1) is 0 Å². The average molecular weight is 245 g/mol. The first-order valence-electron chi connectivity index (χ1n) is 6.83. The molecule has 3 heteroatoms. The molecular formula is C15H19NO2. The van der Waals surface area contributed by atoms with Gasteiger partial charge in [-0.1, -0.05) is 18.2 Å². The Bertz CT molecular complexity index is 438. The van der Waals surface area contributed by atoms with E-state index in [-0.39, 0.29) is 5.91 Å². The van der Waals surface area contributed by atoms with Gasteiger partial charge in [-0.3, -0.25) is 4.79 Å². The molecule has 1 saturated heterocycles. The minimum atomic E-state index is 0.190. The van der Waals surface area contributed by atoms with Gasteiger partial charge in [-0.25, -0.2) is 0 Å². The first-order chi connectivity index (χ1) is 8.84. The summed E-state index contributed by atoms with van der Waals surface area (Å²) in [5.41, 5.74) is 2.08. The van der Waals surface area contributed by atoms with Crippen molar-refractivity contribution in [2.45, 2.75) is 31.8 Å². The van der Waals surface area contributed by atoms with Crippen LogP contribution in [0.3, 0.4) is 0 Å². The number of carbonyl (C=O) groups is 1. The maximum Gasteiger partial charge on any atom is 0.254 e. The van der Waals surface area contributed by atoms with Crippen LogP contribution in [-0.4, -0.2) is 36.6 Å². The molecule has 1 unspecified atom stereocenters. The lowest BCUT2D eigenvalue weighted by atomic mass is 9.99. The van der Waals surface area contributed by atoms with Crippen LogP contribution < -0.4 is 0 Å². The Morgan fingerprint density at radius 2 is 2.22 bits per heavy atom. The zero-order chi connectivity index (χ0) is 12.4. The van der Waals surface area contributed by atoms with Gasteiger partial charge in [0.05, 0.1) is 6.10 Å². The van der Waals surface area contributed by atoms with Gasteiger partial charge in [-0.05, 0) is 37.3 Å². The Morgan fingerprint density at radius 3 is 3.06 bits per heavy atom. The molecule has 1 aromatic carbocycles. The summed E-state index contributed by atoms with van der Waals surface area (Å²) in [6.07, 6.45) is 4.65. The van der Waals surface area contributed by atoms with Crippen LogP contribution in [0.15, 0.2) is 24.3 Å². The fraction of sp³-hybridized carbons (Fsp3) is 0.533. The Kier molecular flexibility index (Phi) is 3.33. The third-order valence-corrected chi connectivity index (χ3v) is 3.93. The molecule has 1 atom stereocenters. The van der Waals surface area contributed by atoms with E-state index in [9.17, 15) is 4.79 Å². The normalized spacial score (nSPS) is 23.2. The number of amides is 1. The average Bonchev–Trinajstić information content (AvgIpc) is 2.91. The molecule has 3 rings (SSSR count). The van der Waals surface area contributed by atoms with Gasteiger partial charge >= 0.3 is 0 Å². The van der Waals surface area contributed by atoms with Crippen LogP contribution in [0.1, 0.15) is 35.2 Å². The largest absolute Gasteiger partial charge is 0.378 e. The molecule has 3 nitrogen and oxygen atoms in total. The van der Waals surface area contributed by atoms with Gasteiger partial charge < -0.3 is 9.64 Å². The van der Waals surface area contributed by atoms with Gasteiger partial charge in [0.25, 0.3) is 5.91 Å². The Morgan fingerprint density at radius 1 is 1.33 bits per heavy atom. The van der Waals surface area contributed by atoms with Crippen LogP contribution in [0.2, 0.25) is 0 Å². The minimum absolute atomic E-state index is 0.190. The third-order valence-electron chi connectivity index (χ3n) is 3.93. The highest BCUT2D eigenvalue weighted by atomic mass is 16.5. The van der Waals surface area contributed by atoms with Crippen molar-refractivity contribution < 1.29 is 9.53 Å². The number of hydrogen-bond acceptors (Lipinski definition) is 2. The molecule has 2 heterocycles. The standard InChI is InChI=1S/C15H19NO2/c17-15-14-6-2-1-4-12(14)7-9-16(15)10-8-13-5-3-11-18-13/h1-2,4,6,13H,3,5,7-11H2. The van der Waals surface area contributed by atoms with Crippen molar-refractivity contribution >= 4 is 5.91 Å². The molecule has 1 amide bonds. The van der Waals surface area contributed by atoms with Crippen LogP contribution >= 0.6 is 0 Å². The summed E-state index contributed by atoms with van der Waals surface area (Å²) in [7, 11) is 0. The third kappa shape index (κ3) is 2.27. The van der Waals surface area contributed by atoms with Crippen molar-refractivity contribution in [2.75, 3.05) is 19.7 Å². The van der Waals surface area contributed by atoms with Gasteiger partial charge in [0.15, 0.2) is 0 Å². The number of carbonyl (C=O) groups excluding carboxylic acids is 1. The molecule has 96 valence electrons. The second-order valence-corrected chi connectivity index (χ2v) is 5.12. The predicted octanol–water partition coefficient (Wildman–Crippen LogP) is 2.25. The van der Waals surface area contributed by atoms with E-state index in [2.05, 4.69) is 6.07 Å². The number of fused-ring (bicyclic) bond motifs is 1. The van der Waals surface area contributed by atoms with Crippen molar-refractivity contribution in [1.29, 1.82) is 0 Å². The van der Waals surface area contributed by atoms with Gasteiger partial charge in [0.2, 0.25) is 0 Å². The lowest BCUT2D eigenvalue weighted by molar-refractivity contribution is 0.0654. The number of benzene rings is 1. The van der Waals surface area contributed by atoms with E-state index in [0.717, 1.165) is 44.5 Å². The number of nitrogens with zero attached hydrogens (tertiary/aromatic N) is 1. The van der Waals surface area contributed by atoms with E-state index in [0.29, 0.717) is 6.10 Å². The highest BCUT2D eigenvalue weighted by molar-refractivity contribution is 5.96. The zero-order valence-electron chi connectivity index (χ0n) is 10.6. The monoisotopic (exact) mass is 245 g/mol. The molecule has 1 aromatic rings. The number of hydrogen-bond donors (Lipinski definition) is 0. The van der Waals surface area contributed by atoms with Crippen LogP contribution in [0.25, 0.3) is 0 Å². The van der Waals surface area contributed by atoms with Gasteiger partial charge in [0, 0.05) is 25.3 Å². The maximum absolute atomic E-state index is 12.3. The molecule has 18 heavy (non-hydrogen) atoms. The first kappa shape index (κ1) is 11.7. The quantitative estimate of drug-likeness (QED) is 0.817. The van der Waals surface area contributed by atoms with Crippen LogP contribution in [0.4, 0.5) is 0 Å². The molecule has 1 fully saturated rings. The lowest BCUT2D eigenvalue weighted by Crippen LogP contribution is -2.39. The van der Waals surface area contributed by atoms with E-state index >= 15 is 0 Å². The Balaban J connectivity index is 1.63. The summed E-state index contributed by atoms with van der Waals surface area (Å²) >= 11 is 0. The van der Waals surface area contributed by atoms with Crippen molar-refractivity contribution in [3.05, 3.63) is 35.4 Å². The fourth-order valence-electron chi connectivity index (χ4n) is 2.86. The Labute approximate surface area is 108 Å². The number of ether oxygens (including phenoxy) is 1. The maximum atomic E-state index is 12.3. The van der Waals surface area contributed by atoms with Crippen LogP contribution in [0.5, 0.6) is 0 Å². The van der Waals surface area contributed by atoms with E-state index in [1.54, 1.807) is 0 Å². The van der Waals surface area contributed by atoms with Crippen molar-refractivity contribution in [2.24, 2.45) is 0 Å². The zero-order valence-corrected chi connectivity index (χ0v) is 10.6. The molecule has 0 bridgehead atoms. The number of rotatable bonds is 3. The molecule has 0 saturated carbocycles. The van der Waals surface area contributed by atoms with Crippen molar-refractivity contribution in [3.8, 4) is 0 Å². The topological polar surface area (TPSA) is 29.5 Å². The molecule has 2 aliphatic heterocycles. The summed E-state index contributed by atoms with van der Waals surface area (Å²) in [6.45, 7) is 2.57. The summed E-state index contributed by atoms with van der Waals surface area (Å²) in [6, 6.07) is 7.95. The molecule has 0 N–H and O–H groups in total. The summed E-state index contributed by atoms with van der Waals surface area (Å²) in [4.78, 5) is 14.3. The fourth-order valence-corrected chi connectivity index (χ4v) is 2.86. The van der Waals surface area contributed by atoms with E-state index in [4.69, 9.17) is 4.74 Å². The molecule has 0 spiro atoms. The van der Waals surface area contributed by atoms with Crippen molar-refractivity contribution in [3.63, 3.8) is 0 Å². The molecular weight excluding hydrogens is 226 g/mol. The highest BCUT2D eigenvalue weighted by Gasteiger charge is 2.25. The highest BCUT2D eigenvalue weighted by Crippen LogP contribution is 2.21. The molecule has 0 aromatic heterocycles. The Hall–Kier alpha value is -1.35.